The maximum absolute atomic E-state index is 14.9. The molecule has 13 amide bonds. The molecule has 2 aromatic rings. The van der Waals surface area contributed by atoms with Gasteiger partial charge in [0.15, 0.2) is 0 Å². The highest BCUT2D eigenvalue weighted by atomic mass is 32.2. The van der Waals surface area contributed by atoms with Crippen molar-refractivity contribution in [3.63, 3.8) is 0 Å². The number of aliphatic hydroxyl groups excluding tert-OH is 1. The molecule has 0 aromatic heterocycles. The molecule has 2 heterocycles. The van der Waals surface area contributed by atoms with Crippen molar-refractivity contribution >= 4 is 112 Å². The summed E-state index contributed by atoms with van der Waals surface area (Å²) in [6, 6.07) is 8.53. The molecule has 12 atom stereocenters. The summed E-state index contributed by atoms with van der Waals surface area (Å²) in [5.41, 5.74) is 6.78. The topological polar surface area (TPSA) is 370 Å². The molecular weight excluding hydrogens is 1420 g/mol. The van der Waals surface area contributed by atoms with Crippen molar-refractivity contribution in [1.82, 2.24) is 56.0 Å². The van der Waals surface area contributed by atoms with Crippen LogP contribution in [0.5, 0.6) is 0 Å². The first-order chi connectivity index (χ1) is 50.2. The van der Waals surface area contributed by atoms with E-state index in [4.69, 9.17) is 19.9 Å². The average Bonchev–Trinajstić information content (AvgIpc) is 1.43. The number of nitrogens with zero attached hydrogens (tertiary/aromatic N) is 6. The highest BCUT2D eigenvalue weighted by Crippen LogP contribution is 2.31. The molecular formula is C74H119N13O16S3. The highest BCUT2D eigenvalue weighted by molar-refractivity contribution is 8.00. The smallest absolute Gasteiger partial charge is 0.410 e. The maximum Gasteiger partial charge on any atom is 0.410 e. The van der Waals surface area contributed by atoms with Gasteiger partial charge in [-0.05, 0) is 92.0 Å². The molecule has 29 nitrogen and oxygen atoms in total. The van der Waals surface area contributed by atoms with Gasteiger partial charge in [0.1, 0.15) is 30.8 Å². The van der Waals surface area contributed by atoms with E-state index in [1.165, 1.54) is 76.2 Å². The van der Waals surface area contributed by atoms with E-state index in [-0.39, 0.29) is 119 Å². The molecule has 594 valence electrons. The summed E-state index contributed by atoms with van der Waals surface area (Å²) in [5.74, 6) is -4.84. The Labute approximate surface area is 639 Å². The van der Waals surface area contributed by atoms with Gasteiger partial charge in [-0.1, -0.05) is 111 Å². The monoisotopic (exact) mass is 1540 g/mol. The minimum absolute atomic E-state index is 0.0240. The number of rotatable bonds is 43. The van der Waals surface area contributed by atoms with E-state index in [9.17, 15) is 62.6 Å². The first-order valence-corrected chi connectivity index (χ1v) is 40.5. The number of hydrogen-bond acceptors (Lipinski definition) is 19. The number of nitrogens with two attached hydrogens (primary N) is 1. The molecule has 2 saturated heterocycles. The van der Waals surface area contributed by atoms with Crippen LogP contribution < -0.4 is 37.6 Å². The first kappa shape index (κ1) is 91.0. The lowest BCUT2D eigenvalue weighted by Gasteiger charge is -2.42. The van der Waals surface area contributed by atoms with Gasteiger partial charge in [0.2, 0.25) is 59.1 Å². The molecule has 2 fully saturated rings. The lowest BCUT2D eigenvalue weighted by molar-refractivity contribution is -0.158. The van der Waals surface area contributed by atoms with Gasteiger partial charge in [-0.15, -0.1) is 0 Å². The second-order valence-electron chi connectivity index (χ2n) is 28.3. The molecule has 4 rings (SSSR count). The van der Waals surface area contributed by atoms with Crippen LogP contribution in [0.3, 0.4) is 0 Å². The molecule has 2 aliphatic heterocycles. The molecule has 0 bridgehead atoms. The molecule has 106 heavy (non-hydrogen) atoms. The number of aliphatic hydroxyl groups is 1. The summed E-state index contributed by atoms with van der Waals surface area (Å²) in [7, 11) is 6.07. The van der Waals surface area contributed by atoms with Gasteiger partial charge in [0.25, 0.3) is 0 Å². The molecule has 0 unspecified atom stereocenters. The molecule has 0 aliphatic carbocycles. The highest BCUT2D eigenvalue weighted by Gasteiger charge is 2.44. The molecule has 2 aliphatic rings. The number of methoxy groups -OCH3 is 2. The molecule has 0 radical (unpaired) electrons. The van der Waals surface area contributed by atoms with E-state index >= 15 is 0 Å². The molecule has 0 saturated carbocycles. The third kappa shape index (κ3) is 28.0. The zero-order valence-corrected chi connectivity index (χ0v) is 67.3. The van der Waals surface area contributed by atoms with Gasteiger partial charge in [0.05, 0.1) is 74.5 Å². The minimum atomic E-state index is -1.16. The van der Waals surface area contributed by atoms with Crippen molar-refractivity contribution in [1.29, 1.82) is 0 Å². The summed E-state index contributed by atoms with van der Waals surface area (Å²) in [5, 5.41) is 27.7. The summed E-state index contributed by atoms with van der Waals surface area (Å²) in [6.07, 6.45) is 3.16. The number of primary amides is 1. The van der Waals surface area contributed by atoms with Crippen LogP contribution in [0.25, 0.3) is 0 Å². The van der Waals surface area contributed by atoms with Crippen LogP contribution in [0, 0.1) is 29.6 Å². The first-order valence-electron chi connectivity index (χ1n) is 36.5. The number of likely N-dealkylation sites (N-methyl/N-ethyl adjacent to an activating group) is 2. The number of urea groups is 1. The average molecular weight is 1540 g/mol. The van der Waals surface area contributed by atoms with Gasteiger partial charge < -0.3 is 81.5 Å². The molecule has 9 N–H and O–H groups in total. The normalized spacial score (nSPS) is 17.0. The predicted octanol–water partition coefficient (Wildman–Crippen LogP) is 5.59. The largest absolute Gasteiger partial charge is 0.445 e. The zero-order chi connectivity index (χ0) is 79.1. The Morgan fingerprint density at radius 3 is 1.75 bits per heavy atom. The van der Waals surface area contributed by atoms with E-state index in [0.29, 0.717) is 54.1 Å². The molecule has 2 aromatic carbocycles. The van der Waals surface area contributed by atoms with Crippen molar-refractivity contribution in [2.24, 2.45) is 35.3 Å². The fraction of sp³-hybridized carbons (Fsp3) is 0.676. The van der Waals surface area contributed by atoms with E-state index in [1.54, 1.807) is 109 Å². The van der Waals surface area contributed by atoms with Gasteiger partial charge in [0, 0.05) is 83.6 Å². The fourth-order valence-corrected chi connectivity index (χ4v) is 14.5. The van der Waals surface area contributed by atoms with Crippen molar-refractivity contribution in [3.8, 4) is 0 Å². The van der Waals surface area contributed by atoms with Crippen molar-refractivity contribution in [2.75, 3.05) is 102 Å². The second-order valence-corrected chi connectivity index (χ2v) is 31.4. The van der Waals surface area contributed by atoms with Gasteiger partial charge in [-0.25, -0.2) is 9.59 Å². The fourth-order valence-electron chi connectivity index (χ4n) is 13.1. The number of nitrogens with one attached hydrogen (secondary N) is 6. The lowest BCUT2D eigenvalue weighted by Crippen LogP contribution is -2.60. The SMILES string of the molecule is CC[C@H](C)[C@@H]([C@@H](CC(=O)N1CCC[C@H]1[C@H](OC)[C@@H](C)C(=O)N[C@H](C)[C@@H](O)c1ccccc1)OC)N(C)C(=O)[C@@H](NC(=O)[C@H](C(C)C)N(C)C(=O)OCc1ccc(NC(=O)[C@H](CCCNC(N)=O)NC(=O)[C@@H](NC(=O)CSCCC(=O)N2CN(C(=O)CCSC)CN(C(=O)CCSC)C2)C(C)C)cc1)C(C)C. The van der Waals surface area contributed by atoms with Crippen molar-refractivity contribution in [2.45, 2.75) is 194 Å². The van der Waals surface area contributed by atoms with Crippen LogP contribution in [-0.2, 0) is 68.8 Å². The number of carbonyl (C=O) groups excluding carboxylic acids is 12. The van der Waals surface area contributed by atoms with E-state index < -0.39 is 126 Å². The Balaban J connectivity index is 1.37. The summed E-state index contributed by atoms with van der Waals surface area (Å²) in [6.45, 7) is 18.4. The van der Waals surface area contributed by atoms with Crippen LogP contribution in [0.1, 0.15) is 144 Å². The van der Waals surface area contributed by atoms with Crippen LogP contribution in [0.4, 0.5) is 15.3 Å². The third-order valence-electron chi connectivity index (χ3n) is 19.3. The zero-order valence-electron chi connectivity index (χ0n) is 64.8. The number of thioether (sulfide) groups is 3. The number of carbonyl (C=O) groups is 12. The Hall–Kier alpha value is -7.39. The summed E-state index contributed by atoms with van der Waals surface area (Å²) >= 11 is 4.22. The number of likely N-dealkylation sites (tertiary alicyclic amines) is 1. The summed E-state index contributed by atoms with van der Waals surface area (Å²) < 4.78 is 17.8. The number of anilines is 1. The maximum atomic E-state index is 14.9. The predicted molar refractivity (Wildman–Crippen MR) is 412 cm³/mol. The Bertz CT molecular complexity index is 3170. The number of hydrogen-bond donors (Lipinski definition) is 8. The van der Waals surface area contributed by atoms with Crippen molar-refractivity contribution < 1.29 is 76.9 Å². The van der Waals surface area contributed by atoms with Gasteiger partial charge >= 0.3 is 12.1 Å². The standard InChI is InChI=1S/C74H119N13O16S3/c1-17-48(8)65(56(101-13)39-61(92)87-35-22-26-55(87)67(102-14)49(9)68(94)77-50(10)66(93)52-23-19-18-20-24-52)82(11)72(98)63(46(4)5)81-71(97)64(47(6)7)83(12)74(100)103-40-51-27-29-53(30-28-51)78-69(95)54(25-21-34-76-73(75)99)79-70(96)62(45(2)3)80-57(88)41-106-38-33-60(91)86-43-84(58(89)31-36-104-15)42-85(44-86)59(90)32-37-105-16/h18-20,23-24,27-30,45-50,54-56,62-67,93H,17,21-22,25-26,31-44H2,1-16H3,(H,77,94)(H,78,95)(H,79,96)(H,80,88)(H,81,97)(H3,75,76,99)/t48-,49+,50+,54-,55-,56+,62-,63-,64-,65-,66+,67+/m0/s1. The third-order valence-corrected chi connectivity index (χ3v) is 21.5. The number of benzene rings is 2. The number of amides is 13. The second kappa shape index (κ2) is 46.1. The van der Waals surface area contributed by atoms with Crippen LogP contribution in [-0.4, -0.2) is 257 Å². The Kier molecular flexibility index (Phi) is 39.6. The quantitative estimate of drug-likeness (QED) is 0.0375. The van der Waals surface area contributed by atoms with Crippen LogP contribution in [0.2, 0.25) is 0 Å². The van der Waals surface area contributed by atoms with Crippen molar-refractivity contribution in [3.05, 3.63) is 65.7 Å². The van der Waals surface area contributed by atoms with Crippen LogP contribution in [0.15, 0.2) is 54.6 Å². The minimum Gasteiger partial charge on any atom is -0.445 e. The van der Waals surface area contributed by atoms with E-state index in [0.717, 1.165) is 0 Å². The Morgan fingerprint density at radius 2 is 1.24 bits per heavy atom. The van der Waals surface area contributed by atoms with Crippen LogP contribution >= 0.6 is 35.3 Å². The lowest BCUT2D eigenvalue weighted by atomic mass is 9.89. The van der Waals surface area contributed by atoms with Gasteiger partial charge in [-0.3, -0.25) is 52.8 Å². The van der Waals surface area contributed by atoms with Gasteiger partial charge in [-0.2, -0.15) is 35.3 Å². The molecule has 0 spiro atoms. The van der Waals surface area contributed by atoms with E-state index in [1.807, 2.05) is 44.6 Å². The van der Waals surface area contributed by atoms with E-state index in [2.05, 4.69) is 31.9 Å². The summed E-state index contributed by atoms with van der Waals surface area (Å²) in [4.78, 5) is 173. The number of ether oxygens (including phenoxy) is 3. The Morgan fingerprint density at radius 1 is 0.660 bits per heavy atom. The molecule has 32 heteroatoms.